The van der Waals surface area contributed by atoms with Crippen molar-refractivity contribution in [3.63, 3.8) is 0 Å². The molecule has 86 valence electrons. The minimum atomic E-state index is -0.738. The molecule has 1 aliphatic rings. The molecule has 0 saturated carbocycles. The van der Waals surface area contributed by atoms with Crippen LogP contribution in [0.25, 0.3) is 0 Å². The number of esters is 1. The summed E-state index contributed by atoms with van der Waals surface area (Å²) in [7, 11) is 1.21. The molecule has 0 atom stereocenters. The van der Waals surface area contributed by atoms with Gasteiger partial charge in [-0.3, -0.25) is 0 Å². The highest BCUT2D eigenvalue weighted by molar-refractivity contribution is 6.31. The quantitative estimate of drug-likeness (QED) is 0.713. The third-order valence-electron chi connectivity index (χ3n) is 2.50. The second-order valence-electron chi connectivity index (χ2n) is 3.47. The van der Waals surface area contributed by atoms with Crippen LogP contribution in [0.5, 0.6) is 5.75 Å². The zero-order valence-electron chi connectivity index (χ0n) is 8.68. The van der Waals surface area contributed by atoms with Crippen LogP contribution in [0.3, 0.4) is 0 Å². The zero-order valence-corrected chi connectivity index (χ0v) is 9.44. The number of hydrogen-bond acceptors (Lipinski definition) is 3. The Bertz CT molecular complexity index is 445. The van der Waals surface area contributed by atoms with Crippen molar-refractivity contribution in [2.24, 2.45) is 0 Å². The fourth-order valence-electron chi connectivity index (χ4n) is 1.76. The van der Waals surface area contributed by atoms with Gasteiger partial charge >= 0.3 is 5.97 Å². The highest BCUT2D eigenvalue weighted by Gasteiger charge is 2.26. The monoisotopic (exact) mass is 244 g/mol. The lowest BCUT2D eigenvalue weighted by Gasteiger charge is -2.20. The van der Waals surface area contributed by atoms with Crippen LogP contribution in [0.1, 0.15) is 22.3 Å². The molecule has 0 bridgehead atoms. The van der Waals surface area contributed by atoms with E-state index >= 15 is 0 Å². The van der Waals surface area contributed by atoms with Gasteiger partial charge in [-0.1, -0.05) is 11.6 Å². The van der Waals surface area contributed by atoms with Crippen molar-refractivity contribution in [2.45, 2.75) is 12.8 Å². The van der Waals surface area contributed by atoms with Gasteiger partial charge in [0.15, 0.2) is 5.82 Å². The van der Waals surface area contributed by atoms with E-state index in [9.17, 15) is 9.18 Å². The van der Waals surface area contributed by atoms with Crippen molar-refractivity contribution in [1.82, 2.24) is 0 Å². The van der Waals surface area contributed by atoms with Crippen molar-refractivity contribution in [3.8, 4) is 5.75 Å². The molecule has 1 aromatic rings. The lowest BCUT2D eigenvalue weighted by molar-refractivity contribution is 0.0592. The first-order chi connectivity index (χ1) is 7.65. The number of carbonyl (C=O) groups is 1. The predicted octanol–water partition coefficient (Wildman–Crippen LogP) is 2.59. The molecule has 5 heteroatoms. The van der Waals surface area contributed by atoms with Crippen LogP contribution < -0.4 is 4.74 Å². The molecule has 0 fully saturated rings. The molecule has 0 radical (unpaired) electrons. The van der Waals surface area contributed by atoms with E-state index in [1.165, 1.54) is 13.2 Å². The van der Waals surface area contributed by atoms with E-state index in [1.54, 1.807) is 0 Å². The lowest BCUT2D eigenvalue weighted by atomic mass is 9.99. The summed E-state index contributed by atoms with van der Waals surface area (Å²) in [5.74, 6) is -0.988. The summed E-state index contributed by atoms with van der Waals surface area (Å²) in [4.78, 5) is 11.5. The Labute approximate surface area is 97.1 Å². The van der Waals surface area contributed by atoms with Gasteiger partial charge in [-0.25, -0.2) is 9.18 Å². The average Bonchev–Trinajstić information content (AvgIpc) is 2.30. The summed E-state index contributed by atoms with van der Waals surface area (Å²) in [5.41, 5.74) is 0.435. The van der Waals surface area contributed by atoms with Crippen molar-refractivity contribution >= 4 is 17.6 Å². The van der Waals surface area contributed by atoms with E-state index in [2.05, 4.69) is 4.74 Å². The van der Waals surface area contributed by atoms with Gasteiger partial charge in [0.25, 0.3) is 0 Å². The largest absolute Gasteiger partial charge is 0.493 e. The maximum absolute atomic E-state index is 13.7. The van der Waals surface area contributed by atoms with Crippen LogP contribution in [0, 0.1) is 5.82 Å². The Morgan fingerprint density at radius 3 is 3.06 bits per heavy atom. The van der Waals surface area contributed by atoms with Crippen LogP contribution in [-0.4, -0.2) is 19.7 Å². The van der Waals surface area contributed by atoms with Gasteiger partial charge < -0.3 is 9.47 Å². The van der Waals surface area contributed by atoms with E-state index < -0.39 is 11.8 Å². The van der Waals surface area contributed by atoms with Crippen LogP contribution in [-0.2, 0) is 11.2 Å². The Morgan fingerprint density at radius 1 is 1.62 bits per heavy atom. The Morgan fingerprint density at radius 2 is 2.38 bits per heavy atom. The Balaban J connectivity index is 2.63. The van der Waals surface area contributed by atoms with Gasteiger partial charge in [-0.2, -0.15) is 0 Å². The third kappa shape index (κ3) is 1.73. The van der Waals surface area contributed by atoms with Crippen molar-refractivity contribution in [3.05, 3.63) is 28.0 Å². The first-order valence-electron chi connectivity index (χ1n) is 4.87. The summed E-state index contributed by atoms with van der Waals surface area (Å²) in [6, 6.07) is 1.40. The second kappa shape index (κ2) is 4.29. The van der Waals surface area contributed by atoms with E-state index in [4.69, 9.17) is 16.3 Å². The van der Waals surface area contributed by atoms with Gasteiger partial charge in [0.05, 0.1) is 18.7 Å². The minimum Gasteiger partial charge on any atom is -0.493 e. The van der Waals surface area contributed by atoms with E-state index in [0.717, 1.165) is 6.42 Å². The molecule has 1 aromatic carbocycles. The standard InChI is InChI=1S/C11H10ClFO3/c1-15-11(14)9-6-3-2-4-16-8(6)5-7(12)10(9)13/h5H,2-4H2,1H3. The first-order valence-corrected chi connectivity index (χ1v) is 5.25. The molecule has 0 saturated heterocycles. The molecule has 0 amide bonds. The molecule has 16 heavy (non-hydrogen) atoms. The number of halogens is 2. The zero-order chi connectivity index (χ0) is 11.7. The van der Waals surface area contributed by atoms with Gasteiger partial charge in [0.1, 0.15) is 11.3 Å². The molecule has 0 spiro atoms. The highest BCUT2D eigenvalue weighted by Crippen LogP contribution is 2.34. The summed E-state index contributed by atoms with van der Waals surface area (Å²) < 4.78 is 23.6. The van der Waals surface area contributed by atoms with Gasteiger partial charge in [-0.15, -0.1) is 0 Å². The van der Waals surface area contributed by atoms with Crippen molar-refractivity contribution in [2.75, 3.05) is 13.7 Å². The summed E-state index contributed by atoms with van der Waals surface area (Å²) in [5, 5.41) is -0.124. The molecular weight excluding hydrogens is 235 g/mol. The molecule has 0 aliphatic carbocycles. The molecule has 1 aliphatic heterocycles. The minimum absolute atomic E-state index is 0.107. The number of fused-ring (bicyclic) bond motifs is 1. The Hall–Kier alpha value is -1.29. The molecule has 0 unspecified atom stereocenters. The Kier molecular flexibility index (Phi) is 3.01. The summed E-state index contributed by atoms with van der Waals surface area (Å²) in [6.45, 7) is 0.551. The van der Waals surface area contributed by atoms with Gasteiger partial charge in [0.2, 0.25) is 0 Å². The van der Waals surface area contributed by atoms with Gasteiger partial charge in [-0.05, 0) is 12.8 Å². The summed E-state index contributed by atoms with van der Waals surface area (Å²) >= 11 is 5.69. The van der Waals surface area contributed by atoms with E-state index in [1.807, 2.05) is 0 Å². The lowest BCUT2D eigenvalue weighted by Crippen LogP contribution is -2.16. The maximum Gasteiger partial charge on any atom is 0.341 e. The third-order valence-corrected chi connectivity index (χ3v) is 2.78. The number of ether oxygens (including phenoxy) is 2. The molecular formula is C11H10ClFO3. The van der Waals surface area contributed by atoms with Crippen LogP contribution in [0.4, 0.5) is 4.39 Å². The molecule has 3 nitrogen and oxygen atoms in total. The smallest absolute Gasteiger partial charge is 0.341 e. The molecule has 2 rings (SSSR count). The number of methoxy groups -OCH3 is 1. The first kappa shape index (κ1) is 11.2. The fourth-order valence-corrected chi connectivity index (χ4v) is 1.96. The van der Waals surface area contributed by atoms with Crippen molar-refractivity contribution < 1.29 is 18.7 Å². The molecule has 1 heterocycles. The predicted molar refractivity (Wildman–Crippen MR) is 56.6 cm³/mol. The normalized spacial score (nSPS) is 13.9. The number of benzene rings is 1. The van der Waals surface area contributed by atoms with E-state index in [0.29, 0.717) is 24.3 Å². The molecule has 0 N–H and O–H groups in total. The van der Waals surface area contributed by atoms with E-state index in [-0.39, 0.29) is 10.6 Å². The van der Waals surface area contributed by atoms with Gasteiger partial charge in [0, 0.05) is 11.6 Å². The maximum atomic E-state index is 13.7. The number of rotatable bonds is 1. The number of hydrogen-bond donors (Lipinski definition) is 0. The van der Waals surface area contributed by atoms with Crippen LogP contribution >= 0.6 is 11.6 Å². The summed E-state index contributed by atoms with van der Waals surface area (Å²) in [6.07, 6.45) is 1.34. The topological polar surface area (TPSA) is 35.5 Å². The fraction of sp³-hybridized carbons (Fsp3) is 0.364. The second-order valence-corrected chi connectivity index (χ2v) is 3.87. The number of carbonyl (C=O) groups excluding carboxylic acids is 1. The highest BCUT2D eigenvalue weighted by atomic mass is 35.5. The SMILES string of the molecule is COC(=O)c1c(F)c(Cl)cc2c1CCCO2. The molecule has 0 aromatic heterocycles. The average molecular weight is 245 g/mol. The van der Waals surface area contributed by atoms with Crippen molar-refractivity contribution in [1.29, 1.82) is 0 Å². The van der Waals surface area contributed by atoms with Crippen LogP contribution in [0.2, 0.25) is 5.02 Å². The van der Waals surface area contributed by atoms with Crippen LogP contribution in [0.15, 0.2) is 6.07 Å².